The summed E-state index contributed by atoms with van der Waals surface area (Å²) in [6.45, 7) is 2.05. The van der Waals surface area contributed by atoms with Crippen molar-refractivity contribution in [2.45, 2.75) is 19.4 Å². The molecular formula is C26H21Cl2NO. The third kappa shape index (κ3) is 4.67. The van der Waals surface area contributed by atoms with E-state index in [1.54, 1.807) is 6.07 Å². The molecular weight excluding hydrogens is 413 g/mol. The van der Waals surface area contributed by atoms with Gasteiger partial charge in [0.2, 0.25) is 0 Å². The molecule has 1 atom stereocenters. The van der Waals surface area contributed by atoms with E-state index in [-0.39, 0.29) is 11.8 Å². The maximum absolute atomic E-state index is 13.2. The van der Waals surface area contributed by atoms with E-state index in [2.05, 4.69) is 5.32 Å². The van der Waals surface area contributed by atoms with E-state index in [1.165, 1.54) is 5.56 Å². The second kappa shape index (κ2) is 8.91. The predicted molar refractivity (Wildman–Crippen MR) is 127 cm³/mol. The van der Waals surface area contributed by atoms with Crippen LogP contribution in [0.2, 0.25) is 10.0 Å². The maximum Gasteiger partial charge on any atom is 0.165 e. The summed E-state index contributed by atoms with van der Waals surface area (Å²) in [5.41, 5.74) is 3.74. The average Bonchev–Trinajstić information content (AvgIpc) is 2.76. The molecule has 0 spiro atoms. The smallest absolute Gasteiger partial charge is 0.165 e. The first kappa shape index (κ1) is 20.5. The van der Waals surface area contributed by atoms with E-state index >= 15 is 0 Å². The van der Waals surface area contributed by atoms with Crippen LogP contribution in [0.25, 0.3) is 10.8 Å². The first-order valence-electron chi connectivity index (χ1n) is 9.80. The van der Waals surface area contributed by atoms with E-state index < -0.39 is 0 Å². The number of Topliss-reactive ketones (excluding diaryl/α,β-unsaturated/α-hetero) is 1. The number of ketones is 1. The quantitative estimate of drug-likeness (QED) is 0.313. The standard InChI is InChI=1S/C26H21Cl2NO/c1-17-6-11-22(12-7-17)29-25(20-10-13-23(27)24(28)15-20)16-26(30)21-9-8-18-4-2-3-5-19(18)14-21/h2-15,25,29H,16H2,1H3. The van der Waals surface area contributed by atoms with Crippen LogP contribution in [-0.4, -0.2) is 5.78 Å². The highest BCUT2D eigenvalue weighted by Gasteiger charge is 2.19. The molecule has 0 bridgehead atoms. The highest BCUT2D eigenvalue weighted by Crippen LogP contribution is 2.30. The zero-order chi connectivity index (χ0) is 21.1. The second-order valence-electron chi connectivity index (χ2n) is 7.43. The van der Waals surface area contributed by atoms with Crippen LogP contribution < -0.4 is 5.32 Å². The van der Waals surface area contributed by atoms with Crippen LogP contribution in [0.1, 0.15) is 33.9 Å². The number of hydrogen-bond donors (Lipinski definition) is 1. The van der Waals surface area contributed by atoms with Crippen LogP contribution in [0.5, 0.6) is 0 Å². The summed E-state index contributed by atoms with van der Waals surface area (Å²) in [7, 11) is 0. The van der Waals surface area contributed by atoms with E-state index in [0.29, 0.717) is 22.0 Å². The monoisotopic (exact) mass is 433 g/mol. The van der Waals surface area contributed by atoms with Gasteiger partial charge in [-0.2, -0.15) is 0 Å². The molecule has 2 nitrogen and oxygen atoms in total. The lowest BCUT2D eigenvalue weighted by Gasteiger charge is -2.21. The fourth-order valence-corrected chi connectivity index (χ4v) is 3.80. The molecule has 4 aromatic rings. The maximum atomic E-state index is 13.2. The minimum Gasteiger partial charge on any atom is -0.378 e. The van der Waals surface area contributed by atoms with Gasteiger partial charge in [-0.15, -0.1) is 0 Å². The van der Waals surface area contributed by atoms with Gasteiger partial charge in [0.05, 0.1) is 16.1 Å². The highest BCUT2D eigenvalue weighted by atomic mass is 35.5. The van der Waals surface area contributed by atoms with E-state index in [0.717, 1.165) is 22.0 Å². The number of aryl methyl sites for hydroxylation is 1. The molecule has 0 aliphatic carbocycles. The summed E-state index contributed by atoms with van der Waals surface area (Å²) in [5, 5.41) is 6.63. The largest absolute Gasteiger partial charge is 0.378 e. The molecule has 4 rings (SSSR count). The Bertz CT molecular complexity index is 1200. The molecule has 0 aliphatic heterocycles. The molecule has 0 aliphatic rings. The van der Waals surface area contributed by atoms with E-state index in [1.807, 2.05) is 85.8 Å². The molecule has 1 N–H and O–H groups in total. The van der Waals surface area contributed by atoms with Gasteiger partial charge in [0.15, 0.2) is 5.78 Å². The fourth-order valence-electron chi connectivity index (χ4n) is 3.50. The van der Waals surface area contributed by atoms with Crippen LogP contribution in [0.3, 0.4) is 0 Å². The van der Waals surface area contributed by atoms with Crippen LogP contribution in [-0.2, 0) is 0 Å². The number of halogens is 2. The second-order valence-corrected chi connectivity index (χ2v) is 8.24. The van der Waals surface area contributed by atoms with E-state index in [9.17, 15) is 4.79 Å². The van der Waals surface area contributed by atoms with Gasteiger partial charge in [0, 0.05) is 17.7 Å². The van der Waals surface area contributed by atoms with Gasteiger partial charge < -0.3 is 5.32 Å². The summed E-state index contributed by atoms with van der Waals surface area (Å²) < 4.78 is 0. The summed E-state index contributed by atoms with van der Waals surface area (Å²) in [6, 6.07) is 27.3. The minimum absolute atomic E-state index is 0.0661. The summed E-state index contributed by atoms with van der Waals surface area (Å²) in [6.07, 6.45) is 0.296. The van der Waals surface area contributed by atoms with Gasteiger partial charge in [0.1, 0.15) is 0 Å². The average molecular weight is 434 g/mol. The van der Waals surface area contributed by atoms with Crippen molar-refractivity contribution in [2.75, 3.05) is 5.32 Å². The third-order valence-electron chi connectivity index (χ3n) is 5.20. The van der Waals surface area contributed by atoms with Crippen molar-refractivity contribution in [1.82, 2.24) is 0 Å². The Labute approximate surface area is 186 Å². The molecule has 0 aromatic heterocycles. The number of rotatable bonds is 6. The van der Waals surface area contributed by atoms with Crippen molar-refractivity contribution in [2.24, 2.45) is 0 Å². The Balaban J connectivity index is 1.64. The van der Waals surface area contributed by atoms with Gasteiger partial charge in [-0.25, -0.2) is 0 Å². The summed E-state index contributed by atoms with van der Waals surface area (Å²) in [5.74, 6) is 0.0661. The number of carbonyl (C=O) groups is 1. The van der Waals surface area contributed by atoms with Crippen LogP contribution in [0.15, 0.2) is 84.9 Å². The normalized spacial score (nSPS) is 12.0. The molecule has 150 valence electrons. The Morgan fingerprint density at radius 2 is 1.57 bits per heavy atom. The van der Waals surface area contributed by atoms with Gasteiger partial charge in [-0.3, -0.25) is 4.79 Å². The first-order chi connectivity index (χ1) is 14.5. The van der Waals surface area contributed by atoms with E-state index in [4.69, 9.17) is 23.2 Å². The van der Waals surface area contributed by atoms with Crippen LogP contribution in [0.4, 0.5) is 5.69 Å². The predicted octanol–water partition coefficient (Wildman–Crippen LogP) is 7.88. The van der Waals surface area contributed by atoms with Gasteiger partial charge in [0.25, 0.3) is 0 Å². The number of nitrogens with one attached hydrogen (secondary N) is 1. The number of carbonyl (C=O) groups excluding carboxylic acids is 1. The van der Waals surface area contributed by atoms with Crippen molar-refractivity contribution in [3.63, 3.8) is 0 Å². The number of benzene rings is 4. The molecule has 4 heteroatoms. The third-order valence-corrected chi connectivity index (χ3v) is 5.94. The van der Waals surface area contributed by atoms with Crippen molar-refractivity contribution in [3.05, 3.63) is 112 Å². The Morgan fingerprint density at radius 3 is 2.30 bits per heavy atom. The zero-order valence-electron chi connectivity index (χ0n) is 16.5. The molecule has 0 radical (unpaired) electrons. The Kier molecular flexibility index (Phi) is 6.08. The Morgan fingerprint density at radius 1 is 0.833 bits per heavy atom. The molecule has 1 unspecified atom stereocenters. The molecule has 0 fully saturated rings. The molecule has 30 heavy (non-hydrogen) atoms. The van der Waals surface area contributed by atoms with Crippen molar-refractivity contribution in [3.8, 4) is 0 Å². The molecule has 4 aromatic carbocycles. The SMILES string of the molecule is Cc1ccc(NC(CC(=O)c2ccc3ccccc3c2)c2ccc(Cl)c(Cl)c2)cc1. The molecule has 0 saturated carbocycles. The summed E-state index contributed by atoms with van der Waals surface area (Å²) in [4.78, 5) is 13.2. The lowest BCUT2D eigenvalue weighted by molar-refractivity contribution is 0.0976. The molecule has 0 heterocycles. The Hall–Kier alpha value is -2.81. The lowest BCUT2D eigenvalue weighted by atomic mass is 9.96. The fraction of sp³-hybridized carbons (Fsp3) is 0.115. The van der Waals surface area contributed by atoms with Gasteiger partial charge in [-0.05, 0) is 53.6 Å². The van der Waals surface area contributed by atoms with Crippen molar-refractivity contribution in [1.29, 1.82) is 0 Å². The van der Waals surface area contributed by atoms with Crippen LogP contribution in [0, 0.1) is 6.92 Å². The van der Waals surface area contributed by atoms with Crippen molar-refractivity contribution < 1.29 is 4.79 Å². The van der Waals surface area contributed by atoms with Gasteiger partial charge in [-0.1, -0.05) is 83.4 Å². The summed E-state index contributed by atoms with van der Waals surface area (Å²) >= 11 is 12.4. The highest BCUT2D eigenvalue weighted by molar-refractivity contribution is 6.42. The molecule has 0 amide bonds. The first-order valence-corrected chi connectivity index (χ1v) is 10.6. The number of fused-ring (bicyclic) bond motifs is 1. The molecule has 0 saturated heterocycles. The van der Waals surface area contributed by atoms with Gasteiger partial charge >= 0.3 is 0 Å². The number of anilines is 1. The lowest BCUT2D eigenvalue weighted by Crippen LogP contribution is -2.16. The topological polar surface area (TPSA) is 29.1 Å². The minimum atomic E-state index is -0.235. The van der Waals surface area contributed by atoms with Crippen molar-refractivity contribution >= 4 is 45.4 Å². The number of hydrogen-bond acceptors (Lipinski definition) is 2. The zero-order valence-corrected chi connectivity index (χ0v) is 18.0. The van der Waals surface area contributed by atoms with Crippen LogP contribution >= 0.6 is 23.2 Å².